The van der Waals surface area contributed by atoms with Crippen LogP contribution in [0.4, 0.5) is 0 Å². The van der Waals surface area contributed by atoms with Crippen molar-refractivity contribution in [3.63, 3.8) is 0 Å². The summed E-state index contributed by atoms with van der Waals surface area (Å²) >= 11 is 0. The third-order valence-corrected chi connectivity index (χ3v) is 3.83. The lowest BCUT2D eigenvalue weighted by Gasteiger charge is -2.44. The average Bonchev–Trinajstić information content (AvgIpc) is 2.26. The second kappa shape index (κ2) is 5.45. The van der Waals surface area contributed by atoms with E-state index in [1.54, 1.807) is 0 Å². The molecule has 2 fully saturated rings. The summed E-state index contributed by atoms with van der Waals surface area (Å²) in [4.78, 5) is 5.15. The number of hydrogen-bond acceptors (Lipinski definition) is 4. The van der Waals surface area contributed by atoms with Gasteiger partial charge in [-0.15, -0.1) is 0 Å². The van der Waals surface area contributed by atoms with Gasteiger partial charge in [-0.2, -0.15) is 0 Å². The molecule has 16 heavy (non-hydrogen) atoms. The topological polar surface area (TPSA) is 27.7 Å². The van der Waals surface area contributed by atoms with Crippen molar-refractivity contribution >= 4 is 0 Å². The van der Waals surface area contributed by atoms with E-state index in [0.717, 1.165) is 39.5 Å². The van der Waals surface area contributed by atoms with Crippen LogP contribution in [0.1, 0.15) is 20.8 Å². The second-order valence-electron chi connectivity index (χ2n) is 5.26. The molecule has 0 aliphatic carbocycles. The van der Waals surface area contributed by atoms with Crippen molar-refractivity contribution in [3.05, 3.63) is 0 Å². The first kappa shape index (κ1) is 12.3. The quantitative estimate of drug-likeness (QED) is 0.736. The molecule has 0 aromatic rings. The van der Waals surface area contributed by atoms with E-state index in [0.29, 0.717) is 18.1 Å². The average molecular weight is 227 g/mol. The molecule has 1 unspecified atom stereocenters. The highest BCUT2D eigenvalue weighted by atomic mass is 16.5. The lowest BCUT2D eigenvalue weighted by molar-refractivity contribution is -0.0675. The number of rotatable bonds is 2. The predicted octanol–water partition coefficient (Wildman–Crippen LogP) is 0.347. The maximum absolute atomic E-state index is 5.57. The fourth-order valence-corrected chi connectivity index (χ4v) is 2.62. The molecule has 0 saturated carbocycles. The molecule has 0 spiro atoms. The Balaban J connectivity index is 1.90. The summed E-state index contributed by atoms with van der Waals surface area (Å²) in [6.45, 7) is 13.1. The Bertz CT molecular complexity index is 214. The molecule has 4 heteroatoms. The van der Waals surface area contributed by atoms with Gasteiger partial charge in [0.1, 0.15) is 0 Å². The lowest BCUT2D eigenvalue weighted by atomic mass is 10.1. The molecule has 0 aromatic carbocycles. The minimum atomic E-state index is 0.547. The highest BCUT2D eigenvalue weighted by Crippen LogP contribution is 2.15. The van der Waals surface area contributed by atoms with Crippen LogP contribution in [0, 0.1) is 0 Å². The number of morpholine rings is 1. The minimum absolute atomic E-state index is 0.547. The Hall–Kier alpha value is -0.160. The Morgan fingerprint density at radius 3 is 2.44 bits per heavy atom. The van der Waals surface area contributed by atoms with Gasteiger partial charge in [0.25, 0.3) is 0 Å². The Morgan fingerprint density at radius 1 is 1.12 bits per heavy atom. The zero-order valence-corrected chi connectivity index (χ0v) is 10.8. The van der Waals surface area contributed by atoms with Gasteiger partial charge in [-0.05, 0) is 20.8 Å². The zero-order valence-electron chi connectivity index (χ0n) is 10.8. The predicted molar refractivity (Wildman–Crippen MR) is 65.5 cm³/mol. The number of piperazine rings is 1. The molecule has 0 aromatic heterocycles. The molecule has 2 heterocycles. The van der Waals surface area contributed by atoms with Gasteiger partial charge in [0.2, 0.25) is 0 Å². The van der Waals surface area contributed by atoms with Crippen molar-refractivity contribution in [2.75, 3.05) is 39.5 Å². The van der Waals surface area contributed by atoms with Crippen LogP contribution in [0.2, 0.25) is 0 Å². The van der Waals surface area contributed by atoms with Gasteiger partial charge in [-0.25, -0.2) is 0 Å². The van der Waals surface area contributed by atoms with Gasteiger partial charge in [0.15, 0.2) is 0 Å². The number of nitrogens with zero attached hydrogens (tertiary/aromatic N) is 2. The third-order valence-electron chi connectivity index (χ3n) is 3.83. The van der Waals surface area contributed by atoms with Crippen LogP contribution in [0.25, 0.3) is 0 Å². The summed E-state index contributed by atoms with van der Waals surface area (Å²) in [6.07, 6.45) is 0. The molecule has 94 valence electrons. The van der Waals surface area contributed by atoms with E-state index in [9.17, 15) is 0 Å². The summed E-state index contributed by atoms with van der Waals surface area (Å²) in [5.41, 5.74) is 0. The maximum atomic E-state index is 5.57. The van der Waals surface area contributed by atoms with Crippen molar-refractivity contribution in [1.82, 2.24) is 15.1 Å². The Kier molecular flexibility index (Phi) is 4.19. The molecule has 2 saturated heterocycles. The molecule has 0 bridgehead atoms. The first-order valence-corrected chi connectivity index (χ1v) is 6.46. The van der Waals surface area contributed by atoms with Gasteiger partial charge in [-0.3, -0.25) is 9.80 Å². The van der Waals surface area contributed by atoms with Crippen molar-refractivity contribution in [3.8, 4) is 0 Å². The normalized spacial score (nSPS) is 38.8. The summed E-state index contributed by atoms with van der Waals surface area (Å²) in [5.74, 6) is 0. The van der Waals surface area contributed by atoms with Crippen LogP contribution < -0.4 is 5.32 Å². The molecule has 1 N–H and O–H groups in total. The van der Waals surface area contributed by atoms with E-state index in [4.69, 9.17) is 4.74 Å². The summed E-state index contributed by atoms with van der Waals surface area (Å²) < 4.78 is 5.57. The highest BCUT2D eigenvalue weighted by molar-refractivity contribution is 4.82. The van der Waals surface area contributed by atoms with Crippen LogP contribution in [0.5, 0.6) is 0 Å². The van der Waals surface area contributed by atoms with E-state index in [1.165, 1.54) is 0 Å². The van der Waals surface area contributed by atoms with Crippen LogP contribution in [-0.4, -0.2) is 67.4 Å². The summed E-state index contributed by atoms with van der Waals surface area (Å²) in [5, 5.41) is 3.44. The van der Waals surface area contributed by atoms with Crippen molar-refractivity contribution in [2.24, 2.45) is 0 Å². The van der Waals surface area contributed by atoms with E-state index in [-0.39, 0.29) is 0 Å². The number of nitrogens with one attached hydrogen (secondary N) is 1. The molecule has 2 rings (SSSR count). The van der Waals surface area contributed by atoms with E-state index >= 15 is 0 Å². The molecule has 3 atom stereocenters. The van der Waals surface area contributed by atoms with E-state index in [1.807, 2.05) is 0 Å². The molecular weight excluding hydrogens is 202 g/mol. The van der Waals surface area contributed by atoms with Crippen LogP contribution in [0.3, 0.4) is 0 Å². The van der Waals surface area contributed by atoms with Crippen LogP contribution >= 0.6 is 0 Å². The van der Waals surface area contributed by atoms with Crippen molar-refractivity contribution in [2.45, 2.75) is 38.9 Å². The molecule has 2 aliphatic rings. The fraction of sp³-hybridized carbons (Fsp3) is 1.00. The van der Waals surface area contributed by atoms with Crippen LogP contribution in [0.15, 0.2) is 0 Å². The minimum Gasteiger partial charge on any atom is -0.378 e. The number of hydrogen-bond donors (Lipinski definition) is 1. The first-order chi connectivity index (χ1) is 7.68. The Morgan fingerprint density at radius 2 is 1.81 bits per heavy atom. The third kappa shape index (κ3) is 2.74. The zero-order chi connectivity index (χ0) is 11.5. The highest BCUT2D eigenvalue weighted by Gasteiger charge is 2.28. The largest absolute Gasteiger partial charge is 0.378 e. The van der Waals surface area contributed by atoms with Gasteiger partial charge in [-0.1, -0.05) is 0 Å². The smallest absolute Gasteiger partial charge is 0.0620 e. The second-order valence-corrected chi connectivity index (χ2v) is 5.26. The molecule has 2 aliphatic heterocycles. The molecule has 0 radical (unpaired) electrons. The van der Waals surface area contributed by atoms with E-state index in [2.05, 4.69) is 35.9 Å². The monoisotopic (exact) mass is 227 g/mol. The van der Waals surface area contributed by atoms with E-state index < -0.39 is 0 Å². The van der Waals surface area contributed by atoms with Gasteiger partial charge in [0, 0.05) is 37.8 Å². The van der Waals surface area contributed by atoms with Crippen molar-refractivity contribution in [1.29, 1.82) is 0 Å². The Labute approximate surface area is 98.9 Å². The summed E-state index contributed by atoms with van der Waals surface area (Å²) in [7, 11) is 0. The first-order valence-electron chi connectivity index (χ1n) is 6.46. The molecule has 0 amide bonds. The van der Waals surface area contributed by atoms with Gasteiger partial charge in [0.05, 0.1) is 19.9 Å². The standard InChI is InChI=1S/C12H25N3O/c1-10-6-13-4-5-14(10)9-15-11(2)7-16-8-12(15)3/h10-13H,4-9H2,1-3H3/t10?,11-,12-/m1/s1. The fourth-order valence-electron chi connectivity index (χ4n) is 2.62. The lowest BCUT2D eigenvalue weighted by Crippen LogP contribution is -2.58. The molecule has 4 nitrogen and oxygen atoms in total. The maximum Gasteiger partial charge on any atom is 0.0620 e. The van der Waals surface area contributed by atoms with Crippen LogP contribution in [-0.2, 0) is 4.74 Å². The number of ether oxygens (including phenoxy) is 1. The summed E-state index contributed by atoms with van der Waals surface area (Å²) in [6, 6.07) is 1.74. The SMILES string of the molecule is CC1CNCCN1CN1[C@H](C)COC[C@H]1C. The molecular formula is C12H25N3O. The van der Waals surface area contributed by atoms with Crippen molar-refractivity contribution < 1.29 is 4.74 Å². The van der Waals surface area contributed by atoms with Gasteiger partial charge < -0.3 is 10.1 Å². The van der Waals surface area contributed by atoms with Gasteiger partial charge >= 0.3 is 0 Å².